The van der Waals surface area contributed by atoms with E-state index in [2.05, 4.69) is 0 Å². The lowest BCUT2D eigenvalue weighted by atomic mass is 9.92. The molecule has 0 saturated carbocycles. The third-order valence-electron chi connectivity index (χ3n) is 4.33. The topological polar surface area (TPSA) is 57.6 Å². The highest BCUT2D eigenvalue weighted by Gasteiger charge is 2.48. The van der Waals surface area contributed by atoms with E-state index < -0.39 is 11.5 Å². The first kappa shape index (κ1) is 14.6. The number of carbonyl (C=O) groups is 2. The van der Waals surface area contributed by atoms with Crippen molar-refractivity contribution >= 4 is 11.9 Å². The number of amides is 1. The van der Waals surface area contributed by atoms with Gasteiger partial charge in [-0.05, 0) is 44.7 Å². The molecule has 0 radical (unpaired) electrons. The van der Waals surface area contributed by atoms with E-state index in [0.717, 1.165) is 17.5 Å². The lowest BCUT2D eigenvalue weighted by Crippen LogP contribution is -2.52. The minimum atomic E-state index is -1.03. The summed E-state index contributed by atoms with van der Waals surface area (Å²) in [5.74, 6) is -1.06. The van der Waals surface area contributed by atoms with E-state index in [0.29, 0.717) is 24.9 Å². The van der Waals surface area contributed by atoms with Gasteiger partial charge in [0.1, 0.15) is 5.54 Å². The molecule has 1 heterocycles. The van der Waals surface area contributed by atoms with Gasteiger partial charge in [-0.3, -0.25) is 4.79 Å². The quantitative estimate of drug-likeness (QED) is 0.922. The number of likely N-dealkylation sites (tertiary alicyclic amines) is 1. The average molecular weight is 275 g/mol. The number of carboxylic acids is 1. The van der Waals surface area contributed by atoms with Crippen LogP contribution in [0.5, 0.6) is 0 Å². The van der Waals surface area contributed by atoms with E-state index >= 15 is 0 Å². The first-order chi connectivity index (χ1) is 9.42. The molecule has 108 valence electrons. The smallest absolute Gasteiger partial charge is 0.329 e. The molecule has 0 aromatic heterocycles. The Balaban J connectivity index is 2.39. The van der Waals surface area contributed by atoms with Crippen molar-refractivity contribution < 1.29 is 14.7 Å². The first-order valence-electron chi connectivity index (χ1n) is 7.05. The molecule has 1 aromatic rings. The molecule has 1 aromatic carbocycles. The van der Waals surface area contributed by atoms with Gasteiger partial charge < -0.3 is 10.0 Å². The number of aryl methyl sites for hydroxylation is 2. The summed E-state index contributed by atoms with van der Waals surface area (Å²) >= 11 is 0. The second kappa shape index (κ2) is 5.27. The number of carbonyl (C=O) groups excluding carboxylic acids is 1. The Bertz CT molecular complexity index is 553. The third kappa shape index (κ3) is 2.19. The summed E-state index contributed by atoms with van der Waals surface area (Å²) in [6, 6.07) is 5.65. The highest BCUT2D eigenvalue weighted by atomic mass is 16.4. The summed E-state index contributed by atoms with van der Waals surface area (Å²) in [5.41, 5.74) is 1.57. The van der Waals surface area contributed by atoms with Crippen molar-refractivity contribution in [1.29, 1.82) is 0 Å². The Morgan fingerprint density at radius 1 is 1.35 bits per heavy atom. The highest BCUT2D eigenvalue weighted by Crippen LogP contribution is 2.34. The van der Waals surface area contributed by atoms with Gasteiger partial charge in [0.15, 0.2) is 0 Å². The Morgan fingerprint density at radius 3 is 2.60 bits per heavy atom. The summed E-state index contributed by atoms with van der Waals surface area (Å²) < 4.78 is 0. The molecule has 1 N–H and O–H groups in total. The lowest BCUT2D eigenvalue weighted by Gasteiger charge is -2.34. The molecule has 0 spiro atoms. The van der Waals surface area contributed by atoms with Crippen LogP contribution in [0.15, 0.2) is 18.2 Å². The van der Waals surface area contributed by atoms with Crippen LogP contribution in [0.4, 0.5) is 0 Å². The zero-order valence-corrected chi connectivity index (χ0v) is 12.3. The SMILES string of the molecule is CCC1(C(=O)O)CCCN1C(=O)c1ccc(C)cc1C. The van der Waals surface area contributed by atoms with Crippen molar-refractivity contribution in [2.45, 2.75) is 45.6 Å². The Morgan fingerprint density at radius 2 is 2.05 bits per heavy atom. The maximum Gasteiger partial charge on any atom is 0.329 e. The number of benzene rings is 1. The van der Waals surface area contributed by atoms with Crippen LogP contribution in [0.3, 0.4) is 0 Å². The van der Waals surface area contributed by atoms with Crippen LogP contribution < -0.4 is 0 Å². The Hall–Kier alpha value is -1.84. The number of hydrogen-bond donors (Lipinski definition) is 1. The molecule has 1 atom stereocenters. The molecule has 4 nitrogen and oxygen atoms in total. The molecular weight excluding hydrogens is 254 g/mol. The van der Waals surface area contributed by atoms with Gasteiger partial charge in [0.2, 0.25) is 0 Å². The Labute approximate surface area is 119 Å². The molecule has 0 aliphatic carbocycles. The van der Waals surface area contributed by atoms with Gasteiger partial charge in [-0.2, -0.15) is 0 Å². The van der Waals surface area contributed by atoms with Crippen LogP contribution in [0.2, 0.25) is 0 Å². The fourth-order valence-electron chi connectivity index (χ4n) is 3.11. The van der Waals surface area contributed by atoms with E-state index in [4.69, 9.17) is 0 Å². The zero-order valence-electron chi connectivity index (χ0n) is 12.3. The van der Waals surface area contributed by atoms with Crippen LogP contribution in [0, 0.1) is 13.8 Å². The van der Waals surface area contributed by atoms with E-state index in [1.165, 1.54) is 0 Å². The molecule has 1 amide bonds. The zero-order chi connectivity index (χ0) is 14.9. The van der Waals surface area contributed by atoms with Gasteiger partial charge in [-0.1, -0.05) is 24.6 Å². The number of rotatable bonds is 3. The van der Waals surface area contributed by atoms with Gasteiger partial charge in [0.05, 0.1) is 0 Å². The van der Waals surface area contributed by atoms with Crippen molar-refractivity contribution in [2.24, 2.45) is 0 Å². The predicted octanol–water partition coefficient (Wildman–Crippen LogP) is 2.77. The van der Waals surface area contributed by atoms with E-state index in [1.54, 1.807) is 11.0 Å². The monoisotopic (exact) mass is 275 g/mol. The van der Waals surface area contributed by atoms with Gasteiger partial charge in [-0.25, -0.2) is 4.79 Å². The maximum absolute atomic E-state index is 12.7. The summed E-state index contributed by atoms with van der Waals surface area (Å²) in [6.45, 7) is 6.23. The Kier molecular flexibility index (Phi) is 3.84. The van der Waals surface area contributed by atoms with Gasteiger partial charge >= 0.3 is 5.97 Å². The molecule has 2 rings (SSSR count). The molecule has 1 aliphatic rings. The summed E-state index contributed by atoms with van der Waals surface area (Å²) in [5, 5.41) is 9.55. The van der Waals surface area contributed by atoms with Gasteiger partial charge in [-0.15, -0.1) is 0 Å². The molecule has 0 bridgehead atoms. The summed E-state index contributed by atoms with van der Waals surface area (Å²) in [6.07, 6.45) is 1.73. The predicted molar refractivity (Wildman–Crippen MR) is 76.8 cm³/mol. The lowest BCUT2D eigenvalue weighted by molar-refractivity contribution is -0.148. The number of aliphatic carboxylic acids is 1. The fourth-order valence-corrected chi connectivity index (χ4v) is 3.11. The third-order valence-corrected chi connectivity index (χ3v) is 4.33. The number of carboxylic acid groups (broad SMARTS) is 1. The molecule has 1 saturated heterocycles. The highest BCUT2D eigenvalue weighted by molar-refractivity contribution is 5.99. The molecule has 20 heavy (non-hydrogen) atoms. The second-order valence-corrected chi connectivity index (χ2v) is 5.57. The van der Waals surface area contributed by atoms with E-state index in [1.807, 2.05) is 32.9 Å². The average Bonchev–Trinajstić information content (AvgIpc) is 2.83. The van der Waals surface area contributed by atoms with Crippen molar-refractivity contribution in [3.63, 3.8) is 0 Å². The molecule has 1 aliphatic heterocycles. The van der Waals surface area contributed by atoms with Crippen LogP contribution in [0.1, 0.15) is 47.7 Å². The van der Waals surface area contributed by atoms with E-state index in [-0.39, 0.29) is 5.91 Å². The van der Waals surface area contributed by atoms with E-state index in [9.17, 15) is 14.7 Å². The summed E-state index contributed by atoms with van der Waals surface area (Å²) in [7, 11) is 0. The van der Waals surface area contributed by atoms with Gasteiger partial charge in [0, 0.05) is 12.1 Å². The normalized spacial score (nSPS) is 22.1. The van der Waals surface area contributed by atoms with Crippen LogP contribution >= 0.6 is 0 Å². The minimum Gasteiger partial charge on any atom is -0.479 e. The minimum absolute atomic E-state index is 0.163. The fraction of sp³-hybridized carbons (Fsp3) is 0.500. The largest absolute Gasteiger partial charge is 0.479 e. The van der Waals surface area contributed by atoms with Crippen LogP contribution in [-0.2, 0) is 4.79 Å². The van der Waals surface area contributed by atoms with Crippen LogP contribution in [-0.4, -0.2) is 34.0 Å². The standard InChI is InChI=1S/C16H21NO3/c1-4-16(15(19)20)8-5-9-17(16)14(18)13-7-6-11(2)10-12(13)3/h6-7,10H,4-5,8-9H2,1-3H3,(H,19,20). The van der Waals surface area contributed by atoms with Crippen molar-refractivity contribution in [1.82, 2.24) is 4.90 Å². The summed E-state index contributed by atoms with van der Waals surface area (Å²) in [4.78, 5) is 25.9. The first-order valence-corrected chi connectivity index (χ1v) is 7.05. The van der Waals surface area contributed by atoms with Gasteiger partial charge in [0.25, 0.3) is 5.91 Å². The molecular formula is C16H21NO3. The van der Waals surface area contributed by atoms with Crippen molar-refractivity contribution in [3.05, 3.63) is 34.9 Å². The molecule has 1 unspecified atom stereocenters. The molecule has 1 fully saturated rings. The van der Waals surface area contributed by atoms with Crippen LogP contribution in [0.25, 0.3) is 0 Å². The van der Waals surface area contributed by atoms with Crippen molar-refractivity contribution in [2.75, 3.05) is 6.54 Å². The maximum atomic E-state index is 12.7. The second-order valence-electron chi connectivity index (χ2n) is 5.57. The van der Waals surface area contributed by atoms with Crippen molar-refractivity contribution in [3.8, 4) is 0 Å². The molecule has 4 heteroatoms. The number of nitrogens with zero attached hydrogens (tertiary/aromatic N) is 1. The number of hydrogen-bond acceptors (Lipinski definition) is 2.